The van der Waals surface area contributed by atoms with Gasteiger partial charge in [0, 0.05) is 5.92 Å². The second kappa shape index (κ2) is 3.34. The third kappa shape index (κ3) is 1.81. The van der Waals surface area contributed by atoms with Crippen molar-refractivity contribution in [1.82, 2.24) is 15.0 Å². The maximum atomic E-state index is 10.9. The molecule has 0 fully saturated rings. The van der Waals surface area contributed by atoms with Crippen molar-refractivity contribution in [3.63, 3.8) is 0 Å². The summed E-state index contributed by atoms with van der Waals surface area (Å²) in [6.45, 7) is 3.86. The van der Waals surface area contributed by atoms with Gasteiger partial charge in [-0.05, 0) is 0 Å². The molecule has 0 atom stereocenters. The van der Waals surface area contributed by atoms with Gasteiger partial charge in [-0.2, -0.15) is 4.98 Å². The molecule has 1 rings (SSSR count). The van der Waals surface area contributed by atoms with Crippen LogP contribution < -0.4 is 10.4 Å². The third-order valence-corrected chi connectivity index (χ3v) is 1.38. The molecule has 1 aromatic heterocycles. The predicted molar refractivity (Wildman–Crippen MR) is 43.3 cm³/mol. The molecule has 1 aromatic rings. The first kappa shape index (κ1) is 8.70. The van der Waals surface area contributed by atoms with Gasteiger partial charge in [-0.3, -0.25) is 4.98 Å². The summed E-state index contributed by atoms with van der Waals surface area (Å²) in [5.74, 6) is 0.751. The summed E-state index contributed by atoms with van der Waals surface area (Å²) in [6, 6.07) is 0.113. The second-order valence-corrected chi connectivity index (χ2v) is 2.68. The number of ether oxygens (including phenoxy) is 1. The fraction of sp³-hybridized carbons (Fsp3) is 0.571. The molecule has 0 radical (unpaired) electrons. The Hall–Kier alpha value is -1.39. The van der Waals surface area contributed by atoms with Crippen LogP contribution in [0.2, 0.25) is 0 Å². The highest BCUT2D eigenvalue weighted by atomic mass is 16.5. The fourth-order valence-corrected chi connectivity index (χ4v) is 0.745. The molecule has 0 aliphatic carbocycles. The second-order valence-electron chi connectivity index (χ2n) is 2.68. The Labute approximate surface area is 69.8 Å². The Morgan fingerprint density at radius 2 is 2.08 bits per heavy atom. The van der Waals surface area contributed by atoms with Gasteiger partial charge in [-0.15, -0.1) is 4.98 Å². The van der Waals surface area contributed by atoms with Crippen LogP contribution in [0.15, 0.2) is 4.79 Å². The zero-order valence-electron chi connectivity index (χ0n) is 7.29. The molecule has 0 bridgehead atoms. The van der Waals surface area contributed by atoms with Crippen molar-refractivity contribution >= 4 is 0 Å². The van der Waals surface area contributed by atoms with Crippen molar-refractivity contribution in [2.75, 3.05) is 7.11 Å². The largest absolute Gasteiger partial charge is 0.467 e. The molecule has 5 heteroatoms. The minimum absolute atomic E-state index is 0.113. The van der Waals surface area contributed by atoms with Gasteiger partial charge in [-0.1, -0.05) is 13.8 Å². The average Bonchev–Trinajstić information content (AvgIpc) is 2.03. The molecule has 12 heavy (non-hydrogen) atoms. The van der Waals surface area contributed by atoms with Crippen LogP contribution in [0.1, 0.15) is 25.6 Å². The van der Waals surface area contributed by atoms with E-state index in [2.05, 4.69) is 15.0 Å². The summed E-state index contributed by atoms with van der Waals surface area (Å²) in [5.41, 5.74) is -0.425. The number of hydrogen-bond donors (Lipinski definition) is 1. The maximum absolute atomic E-state index is 10.9. The van der Waals surface area contributed by atoms with Gasteiger partial charge in [-0.25, -0.2) is 4.79 Å². The summed E-state index contributed by atoms with van der Waals surface area (Å²) in [7, 11) is 1.43. The van der Waals surface area contributed by atoms with E-state index in [4.69, 9.17) is 4.74 Å². The Balaban J connectivity index is 3.15. The van der Waals surface area contributed by atoms with Crippen molar-refractivity contribution in [2.45, 2.75) is 19.8 Å². The molecular weight excluding hydrogens is 158 g/mol. The van der Waals surface area contributed by atoms with Crippen molar-refractivity contribution in [3.05, 3.63) is 16.3 Å². The highest BCUT2D eigenvalue weighted by molar-refractivity contribution is 4.98. The molecular formula is C7H11N3O2. The van der Waals surface area contributed by atoms with E-state index in [0.717, 1.165) is 0 Å². The Morgan fingerprint density at radius 3 is 2.58 bits per heavy atom. The van der Waals surface area contributed by atoms with Crippen molar-refractivity contribution < 1.29 is 4.74 Å². The lowest BCUT2D eigenvalue weighted by Gasteiger charge is -2.03. The molecule has 0 aliphatic heterocycles. The standard InChI is InChI=1S/C7H11N3O2/c1-4(2)5-8-6(11)10-7(9-5)12-3/h4H,1-3H3,(H,8,9,10,11). The molecule has 1 N–H and O–H groups in total. The lowest BCUT2D eigenvalue weighted by Crippen LogP contribution is -2.16. The van der Waals surface area contributed by atoms with Crippen LogP contribution in [0.4, 0.5) is 0 Å². The SMILES string of the molecule is COc1nc(C(C)C)[nH]c(=O)n1. The summed E-state index contributed by atoms with van der Waals surface area (Å²) < 4.78 is 4.74. The highest BCUT2D eigenvalue weighted by Gasteiger charge is 2.05. The first-order valence-corrected chi connectivity index (χ1v) is 3.65. The lowest BCUT2D eigenvalue weighted by atomic mass is 10.2. The van der Waals surface area contributed by atoms with Gasteiger partial charge >= 0.3 is 11.7 Å². The van der Waals surface area contributed by atoms with Crippen LogP contribution in [-0.2, 0) is 0 Å². The number of aromatic nitrogens is 3. The number of nitrogens with zero attached hydrogens (tertiary/aromatic N) is 2. The number of hydrogen-bond acceptors (Lipinski definition) is 4. The van der Waals surface area contributed by atoms with E-state index in [0.29, 0.717) is 5.82 Å². The Morgan fingerprint density at radius 1 is 1.42 bits per heavy atom. The van der Waals surface area contributed by atoms with E-state index in [1.807, 2.05) is 13.8 Å². The van der Waals surface area contributed by atoms with Crippen LogP contribution in [0, 0.1) is 0 Å². The zero-order chi connectivity index (χ0) is 9.14. The van der Waals surface area contributed by atoms with Crippen LogP contribution >= 0.6 is 0 Å². The van der Waals surface area contributed by atoms with Crippen LogP contribution in [0.25, 0.3) is 0 Å². The van der Waals surface area contributed by atoms with Crippen LogP contribution in [0.3, 0.4) is 0 Å². The summed E-state index contributed by atoms with van der Waals surface area (Å²) in [4.78, 5) is 20.9. The first-order valence-electron chi connectivity index (χ1n) is 3.65. The van der Waals surface area contributed by atoms with Crippen LogP contribution in [0.5, 0.6) is 6.01 Å². The van der Waals surface area contributed by atoms with E-state index < -0.39 is 5.69 Å². The number of methoxy groups -OCH3 is 1. The fourth-order valence-electron chi connectivity index (χ4n) is 0.745. The Bertz CT molecular complexity index is 319. The normalized spacial score (nSPS) is 10.3. The minimum Gasteiger partial charge on any atom is -0.467 e. The molecule has 5 nitrogen and oxygen atoms in total. The van der Waals surface area contributed by atoms with E-state index in [1.165, 1.54) is 7.11 Å². The zero-order valence-corrected chi connectivity index (χ0v) is 7.29. The summed E-state index contributed by atoms with van der Waals surface area (Å²) >= 11 is 0. The number of aromatic amines is 1. The van der Waals surface area contributed by atoms with Crippen molar-refractivity contribution in [3.8, 4) is 6.01 Å². The van der Waals surface area contributed by atoms with Gasteiger partial charge in [0.15, 0.2) is 0 Å². The van der Waals surface area contributed by atoms with E-state index in [-0.39, 0.29) is 11.9 Å². The first-order chi connectivity index (χ1) is 5.63. The molecule has 0 aliphatic rings. The van der Waals surface area contributed by atoms with E-state index >= 15 is 0 Å². The topological polar surface area (TPSA) is 67.9 Å². The summed E-state index contributed by atoms with van der Waals surface area (Å²) in [6.07, 6.45) is 0. The minimum atomic E-state index is -0.425. The van der Waals surface area contributed by atoms with Gasteiger partial charge in [0.1, 0.15) is 5.82 Å². The molecule has 1 heterocycles. The number of H-pyrrole nitrogens is 1. The highest BCUT2D eigenvalue weighted by Crippen LogP contribution is 2.07. The molecule has 0 saturated heterocycles. The predicted octanol–water partition coefficient (Wildman–Crippen LogP) is 0.297. The van der Waals surface area contributed by atoms with Gasteiger partial charge in [0.2, 0.25) is 0 Å². The molecule has 0 amide bonds. The number of nitrogens with one attached hydrogen (secondary N) is 1. The van der Waals surface area contributed by atoms with Crippen molar-refractivity contribution in [1.29, 1.82) is 0 Å². The smallest absolute Gasteiger partial charge is 0.350 e. The lowest BCUT2D eigenvalue weighted by molar-refractivity contribution is 0.372. The third-order valence-electron chi connectivity index (χ3n) is 1.38. The monoisotopic (exact) mass is 169 g/mol. The molecule has 0 saturated carbocycles. The summed E-state index contributed by atoms with van der Waals surface area (Å²) in [5, 5.41) is 0. The Kier molecular flexibility index (Phi) is 2.42. The molecule has 0 unspecified atom stereocenters. The van der Waals surface area contributed by atoms with E-state index in [1.54, 1.807) is 0 Å². The maximum Gasteiger partial charge on any atom is 0.350 e. The molecule has 0 aromatic carbocycles. The number of rotatable bonds is 2. The average molecular weight is 169 g/mol. The van der Waals surface area contributed by atoms with E-state index in [9.17, 15) is 4.79 Å². The molecule has 66 valence electrons. The molecule has 0 spiro atoms. The van der Waals surface area contributed by atoms with Gasteiger partial charge in [0.25, 0.3) is 0 Å². The van der Waals surface area contributed by atoms with Gasteiger partial charge in [0.05, 0.1) is 7.11 Å². The van der Waals surface area contributed by atoms with Crippen molar-refractivity contribution in [2.24, 2.45) is 0 Å². The van der Waals surface area contributed by atoms with Gasteiger partial charge < -0.3 is 4.74 Å². The quantitative estimate of drug-likeness (QED) is 0.691. The van der Waals surface area contributed by atoms with Crippen LogP contribution in [-0.4, -0.2) is 22.1 Å².